The van der Waals surface area contributed by atoms with E-state index in [2.05, 4.69) is 94.2 Å². The highest BCUT2D eigenvalue weighted by molar-refractivity contribution is 7.48. The van der Waals surface area contributed by atoms with Crippen molar-refractivity contribution in [1.29, 1.82) is 0 Å². The number of aliphatic hydroxyl groups is 7. The molecule has 0 aromatic carbocycles. The molecule has 79 heteroatoms. The van der Waals surface area contributed by atoms with Gasteiger partial charge in [0, 0.05) is 0 Å². The number of hydrogen-bond donors (Lipinski definition) is 26. The van der Waals surface area contributed by atoms with Gasteiger partial charge in [0.15, 0.2) is 139 Å². The molecule has 6 saturated heterocycles. The molecular formula is C60H80N36O37P6. The molecule has 6 fully saturated rings. The maximum Gasteiger partial charge on any atom is 0.472 e. The fourth-order valence-electron chi connectivity index (χ4n) is 16.1. The lowest BCUT2D eigenvalue weighted by Crippen LogP contribution is -2.37. The van der Waals surface area contributed by atoms with Crippen LogP contribution in [-0.4, -0.2) is 337 Å². The number of aliphatic hydroxyl groups excluding tert-OH is 7. The van der Waals surface area contributed by atoms with Gasteiger partial charge in [-0.3, -0.25) is 77.2 Å². The molecule has 73 nitrogen and oxygen atoms in total. The van der Waals surface area contributed by atoms with E-state index >= 15 is 0 Å². The molecule has 18 rings (SSSR count). The van der Waals surface area contributed by atoms with Crippen LogP contribution in [0.5, 0.6) is 0 Å². The second kappa shape index (κ2) is 36.8. The van der Waals surface area contributed by atoms with Gasteiger partial charge >= 0.3 is 46.9 Å². The molecule has 0 amide bonds. The van der Waals surface area contributed by atoms with Crippen LogP contribution in [0.2, 0.25) is 0 Å². The second-order valence-electron chi connectivity index (χ2n) is 30.9. The Kier molecular flexibility index (Phi) is 26.0. The van der Waals surface area contributed by atoms with Crippen LogP contribution in [0.3, 0.4) is 0 Å². The van der Waals surface area contributed by atoms with Crippen molar-refractivity contribution in [2.75, 3.05) is 108 Å². The largest absolute Gasteiger partial charge is 0.472 e. The summed E-state index contributed by atoms with van der Waals surface area (Å²) in [5, 5.41) is 82.5. The van der Waals surface area contributed by atoms with Gasteiger partial charge in [-0.2, -0.15) is 0 Å². The number of imidazole rings is 6. The number of anilines is 12. The van der Waals surface area contributed by atoms with Crippen LogP contribution in [0.15, 0.2) is 38.0 Å². The van der Waals surface area contributed by atoms with Gasteiger partial charge in [0.25, 0.3) is 0 Å². The fraction of sp³-hybridized carbons (Fsp3) is 0.500. The topological polar surface area (TPSA) is 1120 Å². The minimum Gasteiger partial charge on any atom is -0.387 e. The highest BCUT2D eigenvalue weighted by Gasteiger charge is 2.59. The van der Waals surface area contributed by atoms with Crippen LogP contribution in [0, 0.1) is 0 Å². The summed E-state index contributed by atoms with van der Waals surface area (Å²) < 4.78 is 184. The molecule has 752 valence electrons. The molecule has 0 aliphatic carbocycles. The zero-order valence-corrected chi connectivity index (χ0v) is 74.9. The highest BCUT2D eigenvalue weighted by Crippen LogP contribution is 2.59. The van der Waals surface area contributed by atoms with E-state index in [0.717, 1.165) is 65.4 Å². The molecule has 29 atom stereocenters. The summed E-state index contributed by atoms with van der Waals surface area (Å²) in [5.74, 6) is -4.61. The summed E-state index contributed by atoms with van der Waals surface area (Å²) in [7, 11) is -34.5. The molecule has 12 aromatic rings. The van der Waals surface area contributed by atoms with Crippen LogP contribution in [0.1, 0.15) is 37.4 Å². The Morgan fingerprint density at radius 2 is 0.410 bits per heavy atom. The van der Waals surface area contributed by atoms with Crippen molar-refractivity contribution in [2.45, 2.75) is 147 Å². The molecule has 0 bridgehead atoms. The van der Waals surface area contributed by atoms with Crippen molar-refractivity contribution in [1.82, 2.24) is 117 Å². The van der Waals surface area contributed by atoms with Crippen molar-refractivity contribution in [3.05, 3.63) is 38.0 Å². The Morgan fingerprint density at radius 3 is 0.597 bits per heavy atom. The lowest BCUT2D eigenvalue weighted by Gasteiger charge is -2.26. The smallest absolute Gasteiger partial charge is 0.387 e. The van der Waals surface area contributed by atoms with E-state index in [1.54, 1.807) is 0 Å². The molecule has 0 saturated carbocycles. The first-order chi connectivity index (χ1) is 65.5. The molecule has 6 aliphatic rings. The molecule has 0 spiro atoms. The first-order valence-corrected chi connectivity index (χ1v) is 48.7. The minimum atomic E-state index is -5.96. The normalized spacial score (nSPS) is 30.8. The van der Waals surface area contributed by atoms with Crippen molar-refractivity contribution in [2.24, 2.45) is 0 Å². The molecule has 18 heterocycles. The predicted molar refractivity (Wildman–Crippen MR) is 452 cm³/mol. The Labute approximate surface area is 768 Å². The summed E-state index contributed by atoms with van der Waals surface area (Å²) in [6.07, 6.45) is -44.2. The SMILES string of the molecule is Nc1ncnc2c1nc(N)n2[C@@H]1O[C@H](COP(=O)(O)O[C@@H]2[C@H](O)[C@@H](COP(=O)(O)O[C@@H]3[C@H](O)[C@@H](COP(=O)(O)O[C@@H]4[C@H](O)[C@@H](COP(=O)(O)O[C@@H]5[C@H](O)[C@@H](COP(=O)(O)O[C@@H]6[C@H](O)[C@@H](COP(=O)(O)O)O[C@H]6n6c(N)nc7c(N)ncnc76)O[C@H]5n5c(N)nc6c(N)ncnc65)O[C@H]4n4c(N)nc5c(N)ncnc54)O[C@H]3n3c(N)nc4c(N)ncnc43)O[C@H]2n2c(N)nc3c(N)ncnc32)[C@@H](O)[C@H]1O. The van der Waals surface area contributed by atoms with E-state index < -0.39 is 264 Å². The number of ether oxygens (including phenoxy) is 6. The number of nitrogen functional groups attached to an aromatic ring is 12. The summed E-state index contributed by atoms with van der Waals surface area (Å²) in [6.45, 7) is -7.46. The average molecular weight is 2080 g/mol. The summed E-state index contributed by atoms with van der Waals surface area (Å²) >= 11 is 0. The third-order valence-corrected chi connectivity index (χ3v) is 27.7. The number of nitrogens with zero attached hydrogens (tertiary/aromatic N) is 24. The second-order valence-corrected chi connectivity index (χ2v) is 39.2. The van der Waals surface area contributed by atoms with Crippen LogP contribution < -0.4 is 68.8 Å². The summed E-state index contributed by atoms with van der Waals surface area (Å²) in [5.41, 5.74) is 71.5. The van der Waals surface area contributed by atoms with E-state index in [4.69, 9.17) is 142 Å². The molecular weight excluding hydrogens is 2000 g/mol. The fourth-order valence-corrected chi connectivity index (χ4v) is 21.1. The zero-order chi connectivity index (χ0) is 99.4. The first kappa shape index (κ1) is 98.2. The quantitative estimate of drug-likeness (QED) is 0.0167. The van der Waals surface area contributed by atoms with Gasteiger partial charge in [-0.25, -0.2) is 117 Å². The van der Waals surface area contributed by atoms with Gasteiger partial charge < -0.3 is 167 Å². The Hall–Kier alpha value is -11.0. The number of nitrogens with two attached hydrogens (primary N) is 12. The van der Waals surface area contributed by atoms with Crippen molar-refractivity contribution in [3.8, 4) is 0 Å². The molecule has 139 heavy (non-hydrogen) atoms. The Bertz CT molecular complexity index is 7040. The van der Waals surface area contributed by atoms with Gasteiger partial charge in [0.1, 0.15) is 148 Å². The maximum atomic E-state index is 14.7. The van der Waals surface area contributed by atoms with E-state index in [9.17, 15) is 97.4 Å². The van der Waals surface area contributed by atoms with Crippen molar-refractivity contribution in [3.63, 3.8) is 0 Å². The van der Waals surface area contributed by atoms with Gasteiger partial charge in [0.05, 0.1) is 39.6 Å². The third-order valence-electron chi connectivity index (χ3n) is 22.3. The van der Waals surface area contributed by atoms with E-state index in [1.807, 2.05) is 0 Å². The van der Waals surface area contributed by atoms with E-state index in [-0.39, 0.29) is 108 Å². The van der Waals surface area contributed by atoms with Crippen LogP contribution in [-0.2, 0) is 106 Å². The Balaban J connectivity index is 0.568. The summed E-state index contributed by atoms with van der Waals surface area (Å²) in [6, 6.07) is 0. The zero-order valence-electron chi connectivity index (χ0n) is 69.6. The van der Waals surface area contributed by atoms with Gasteiger partial charge in [-0.15, -0.1) is 0 Å². The van der Waals surface area contributed by atoms with Gasteiger partial charge in [0.2, 0.25) is 35.7 Å². The monoisotopic (exact) mass is 2080 g/mol. The number of phosphoric ester groups is 6. The number of aromatic nitrogens is 24. The van der Waals surface area contributed by atoms with E-state index in [0.29, 0.717) is 0 Å². The van der Waals surface area contributed by atoms with Crippen LogP contribution in [0.25, 0.3) is 67.0 Å². The Morgan fingerprint density at radius 1 is 0.245 bits per heavy atom. The van der Waals surface area contributed by atoms with Crippen molar-refractivity contribution < 1.29 is 176 Å². The molecule has 5 unspecified atom stereocenters. The molecule has 0 radical (unpaired) electrons. The average Bonchev–Trinajstić information content (AvgIpc) is 1.54. The first-order valence-electron chi connectivity index (χ1n) is 39.7. The third kappa shape index (κ3) is 18.7. The van der Waals surface area contributed by atoms with Gasteiger partial charge in [-0.05, 0) is 0 Å². The van der Waals surface area contributed by atoms with E-state index in [1.165, 1.54) is 0 Å². The lowest BCUT2D eigenvalue weighted by molar-refractivity contribution is -0.0656. The van der Waals surface area contributed by atoms with Crippen LogP contribution >= 0.6 is 46.9 Å². The van der Waals surface area contributed by atoms with Gasteiger partial charge in [-0.1, -0.05) is 0 Å². The standard InChI is InChI=1S/C60H80N36O37P6/c61-37-19-43(79-7-73-37)91(55(67)85-19)49-31(103)25(97)13(123-49)2-118-135(107,108)130-33-27(99)15(125-51(33)93-45-21(87-57(93)69)39(63)75-9-81-45)4-120-137(111,112)132-35-29(101)17(127-53(35)95-47-23(89-59(95)71)41(65)77-11-83-47)6-122-139(115,116)133-36-30(102)18(128-54(36)96-48-24(90-60(96)72)42(66)78-12-84-48)5-121-138(113,114)131-34-28(100)16(126-52(34)94-46-22(88-58(94)70)40(64)76-10-82-46)3-119-136(109,110)129-32-26(98)14(1-117-134(104,105)106)124-50(32)92-44-20(86-56(92)68)38(62)74-8-80-44/h7-18,25-36,49-54,97-103H,1-6H2,(H2,67,85)(H2,68,86)(H2,69,87)(H2,70,88)(H2,71,89)(H2,72,90)(H,107,108)(H,109,110)(H,111,112)(H,113,114)(H,115,116)(H2,61,73,79)(H2,62,74,80)(H2,63,75,81)(H2,64,76,82)(H2,65,77,83)(H2,66,78,84)(H2,104,105,106)/t13-,14-,15-,16-,17-,18-,25-,26-,27-,28-,29-,30-,31-,32-,33-,34-,35-,36-,49-,50-,51-,52-,53-,54-/m1/s1. The van der Waals surface area contributed by atoms with Crippen molar-refractivity contribution >= 4 is 185 Å². The molecule has 12 aromatic heterocycles. The lowest BCUT2D eigenvalue weighted by atomic mass is 10.1. The summed E-state index contributed by atoms with van der Waals surface area (Å²) in [4.78, 5) is 150. The predicted octanol–water partition coefficient (Wildman–Crippen LogP) is -8.46. The highest BCUT2D eigenvalue weighted by atomic mass is 31.2. The number of hydrogen-bond acceptors (Lipinski definition) is 60. The molecule has 6 aliphatic heterocycles. The maximum absolute atomic E-state index is 14.7. The number of fused-ring (bicyclic) bond motifs is 6. The number of rotatable bonds is 34. The van der Waals surface area contributed by atoms with Crippen LogP contribution in [0.4, 0.5) is 70.6 Å². The minimum absolute atomic E-state index is 0.0104. The number of phosphoric acid groups is 6. The molecule has 38 N–H and O–H groups in total.